The fourth-order valence-electron chi connectivity index (χ4n) is 3.40. The van der Waals surface area contributed by atoms with Crippen LogP contribution in [0.25, 0.3) is 0 Å². The number of carbonyl (C=O) groups excluding carboxylic acids is 2. The number of thiophene rings is 1. The largest absolute Gasteiger partial charge is 0.324 e. The summed E-state index contributed by atoms with van der Waals surface area (Å²) in [6, 6.07) is 3.67. The predicted molar refractivity (Wildman–Crippen MR) is 87.0 cm³/mol. The van der Waals surface area contributed by atoms with Crippen molar-refractivity contribution in [2.24, 2.45) is 5.92 Å². The van der Waals surface area contributed by atoms with Gasteiger partial charge in [0.05, 0.1) is 4.34 Å². The fraction of sp³-hybridized carbons (Fsp3) is 0.600. The third kappa shape index (κ3) is 2.75. The van der Waals surface area contributed by atoms with Crippen LogP contribution in [0.4, 0.5) is 4.79 Å². The number of imide groups is 1. The molecule has 0 bridgehead atoms. The number of hydrogen-bond acceptors (Lipinski definition) is 4. The van der Waals surface area contributed by atoms with Crippen LogP contribution in [0.1, 0.15) is 24.6 Å². The highest BCUT2D eigenvalue weighted by Crippen LogP contribution is 2.33. The van der Waals surface area contributed by atoms with E-state index in [1.807, 2.05) is 13.0 Å². The maximum Gasteiger partial charge on any atom is 0.324 e. The van der Waals surface area contributed by atoms with Crippen molar-refractivity contribution in [2.45, 2.75) is 31.8 Å². The molecule has 1 aromatic heterocycles. The molecular weight excluding hydrogens is 322 g/mol. The molecule has 2 aliphatic heterocycles. The van der Waals surface area contributed by atoms with Crippen LogP contribution < -0.4 is 5.32 Å². The molecule has 3 rings (SSSR count). The van der Waals surface area contributed by atoms with Crippen LogP contribution in [-0.4, -0.2) is 47.4 Å². The molecule has 2 atom stereocenters. The first-order valence-corrected chi connectivity index (χ1v) is 8.66. The summed E-state index contributed by atoms with van der Waals surface area (Å²) in [5.41, 5.74) is -0.780. The molecule has 0 radical (unpaired) electrons. The van der Waals surface area contributed by atoms with Gasteiger partial charge in [-0.15, -0.1) is 11.3 Å². The van der Waals surface area contributed by atoms with E-state index in [0.717, 1.165) is 36.8 Å². The summed E-state index contributed by atoms with van der Waals surface area (Å²) in [6.07, 6.45) is 1.99. The number of nitrogens with one attached hydrogen (secondary N) is 1. The van der Waals surface area contributed by atoms with E-state index in [1.54, 1.807) is 11.3 Å². The summed E-state index contributed by atoms with van der Waals surface area (Å²) >= 11 is 7.58. The molecule has 7 heteroatoms. The summed E-state index contributed by atoms with van der Waals surface area (Å²) in [5.74, 6) is 0.0154. The molecule has 0 unspecified atom stereocenters. The summed E-state index contributed by atoms with van der Waals surface area (Å²) in [4.78, 5) is 29.0. The Morgan fingerprint density at radius 3 is 2.82 bits per heavy atom. The highest BCUT2D eigenvalue weighted by atomic mass is 35.5. The molecular formula is C15H20ClN3O2S. The minimum atomic E-state index is -0.780. The van der Waals surface area contributed by atoms with E-state index < -0.39 is 5.54 Å². The van der Waals surface area contributed by atoms with E-state index in [0.29, 0.717) is 0 Å². The van der Waals surface area contributed by atoms with Gasteiger partial charge in [-0.2, -0.15) is 0 Å². The molecule has 0 aliphatic carbocycles. The second-order valence-electron chi connectivity index (χ2n) is 6.28. The number of likely N-dealkylation sites (N-methyl/N-ethyl adjacent to an activating group) is 1. The molecule has 22 heavy (non-hydrogen) atoms. The van der Waals surface area contributed by atoms with Crippen molar-refractivity contribution < 1.29 is 9.59 Å². The van der Waals surface area contributed by atoms with E-state index in [2.05, 4.69) is 16.3 Å². The number of amides is 3. The second-order valence-corrected chi connectivity index (χ2v) is 8.08. The van der Waals surface area contributed by atoms with E-state index >= 15 is 0 Å². The molecule has 1 aromatic rings. The van der Waals surface area contributed by atoms with Crippen molar-refractivity contribution >= 4 is 34.9 Å². The Hall–Kier alpha value is -1.11. The van der Waals surface area contributed by atoms with E-state index in [4.69, 9.17) is 11.6 Å². The first-order valence-electron chi connectivity index (χ1n) is 7.47. The summed E-state index contributed by atoms with van der Waals surface area (Å²) in [7, 11) is 1.54. The zero-order valence-electron chi connectivity index (χ0n) is 12.8. The molecule has 2 fully saturated rings. The standard InChI is InChI=1S/C15H20ClN3O2S/c1-15(13(20)18(2)14(21)17-15)10-4-3-7-19(8-10)9-11-5-6-12(16)22-11/h5-6,10H,3-4,7-9H2,1-2H3,(H,17,21)/t10-,15+/m0/s1. The van der Waals surface area contributed by atoms with Gasteiger partial charge in [0.15, 0.2) is 0 Å². The lowest BCUT2D eigenvalue weighted by atomic mass is 9.80. The normalized spacial score (nSPS) is 30.0. The monoisotopic (exact) mass is 341 g/mol. The Balaban J connectivity index is 1.70. The number of rotatable bonds is 3. The topological polar surface area (TPSA) is 52.7 Å². The Labute approximate surface area is 139 Å². The van der Waals surface area contributed by atoms with Gasteiger partial charge in [0, 0.05) is 30.9 Å². The van der Waals surface area contributed by atoms with Gasteiger partial charge < -0.3 is 5.32 Å². The molecule has 1 N–H and O–H groups in total. The number of nitrogens with zero attached hydrogens (tertiary/aromatic N) is 2. The van der Waals surface area contributed by atoms with Gasteiger partial charge in [-0.05, 0) is 38.4 Å². The van der Waals surface area contributed by atoms with Gasteiger partial charge in [0.2, 0.25) is 0 Å². The lowest BCUT2D eigenvalue weighted by molar-refractivity contribution is -0.132. The minimum Gasteiger partial charge on any atom is -0.323 e. The van der Waals surface area contributed by atoms with Gasteiger partial charge in [-0.1, -0.05) is 11.6 Å². The van der Waals surface area contributed by atoms with Crippen molar-refractivity contribution in [3.8, 4) is 0 Å². The Bertz CT molecular complexity index is 605. The summed E-state index contributed by atoms with van der Waals surface area (Å²) < 4.78 is 0.801. The molecule has 0 spiro atoms. The smallest absolute Gasteiger partial charge is 0.323 e. The van der Waals surface area contributed by atoms with Crippen molar-refractivity contribution in [1.29, 1.82) is 0 Å². The molecule has 2 saturated heterocycles. The second kappa shape index (κ2) is 5.83. The third-order valence-corrected chi connectivity index (χ3v) is 5.97. The average Bonchev–Trinajstić information content (AvgIpc) is 2.98. The lowest BCUT2D eigenvalue weighted by Gasteiger charge is -2.39. The van der Waals surface area contributed by atoms with Crippen LogP contribution in [0.3, 0.4) is 0 Å². The maximum absolute atomic E-state index is 12.4. The van der Waals surface area contributed by atoms with Gasteiger partial charge in [-0.3, -0.25) is 14.6 Å². The van der Waals surface area contributed by atoms with Crippen molar-refractivity contribution in [2.75, 3.05) is 20.1 Å². The summed E-state index contributed by atoms with van der Waals surface area (Å²) in [6.45, 7) is 4.53. The number of carbonyl (C=O) groups is 2. The third-order valence-electron chi connectivity index (χ3n) is 4.75. The lowest BCUT2D eigenvalue weighted by Crippen LogP contribution is -2.55. The average molecular weight is 342 g/mol. The fourth-order valence-corrected chi connectivity index (χ4v) is 4.53. The van der Waals surface area contributed by atoms with Crippen molar-refractivity contribution in [1.82, 2.24) is 15.1 Å². The molecule has 2 aliphatic rings. The predicted octanol–water partition coefficient (Wildman–Crippen LogP) is 2.55. The molecule has 0 aromatic carbocycles. The van der Waals surface area contributed by atoms with Gasteiger partial charge in [0.25, 0.3) is 5.91 Å². The summed E-state index contributed by atoms with van der Waals surface area (Å²) in [5, 5.41) is 2.88. The zero-order valence-corrected chi connectivity index (χ0v) is 14.3. The van der Waals surface area contributed by atoms with Crippen LogP contribution in [0.2, 0.25) is 4.34 Å². The molecule has 3 amide bonds. The van der Waals surface area contributed by atoms with Crippen LogP contribution in [0, 0.1) is 5.92 Å². The SMILES string of the molecule is CN1C(=O)N[C@](C)([C@H]2CCCN(Cc3ccc(Cl)s3)C2)C1=O. The van der Waals surface area contributed by atoms with Crippen LogP contribution >= 0.6 is 22.9 Å². The number of hydrogen-bond donors (Lipinski definition) is 1. The molecule has 5 nitrogen and oxygen atoms in total. The first kappa shape index (κ1) is 15.8. The van der Waals surface area contributed by atoms with Gasteiger partial charge in [0.1, 0.15) is 5.54 Å². The Kier molecular flexibility index (Phi) is 4.18. The molecule has 3 heterocycles. The number of likely N-dealkylation sites (tertiary alicyclic amines) is 1. The highest BCUT2D eigenvalue weighted by Gasteiger charge is 2.51. The number of halogens is 1. The Morgan fingerprint density at radius 2 is 2.23 bits per heavy atom. The van der Waals surface area contributed by atoms with Crippen LogP contribution in [-0.2, 0) is 11.3 Å². The van der Waals surface area contributed by atoms with Crippen molar-refractivity contribution in [3.63, 3.8) is 0 Å². The number of urea groups is 1. The van der Waals surface area contributed by atoms with Crippen LogP contribution in [0.5, 0.6) is 0 Å². The van der Waals surface area contributed by atoms with Crippen LogP contribution in [0.15, 0.2) is 12.1 Å². The zero-order chi connectivity index (χ0) is 15.9. The molecule has 120 valence electrons. The molecule has 0 saturated carbocycles. The van der Waals surface area contributed by atoms with Crippen molar-refractivity contribution in [3.05, 3.63) is 21.3 Å². The minimum absolute atomic E-state index is 0.122. The van der Waals surface area contributed by atoms with E-state index in [1.165, 1.54) is 16.8 Å². The maximum atomic E-state index is 12.4. The Morgan fingerprint density at radius 1 is 1.45 bits per heavy atom. The van der Waals surface area contributed by atoms with E-state index in [9.17, 15) is 9.59 Å². The van der Waals surface area contributed by atoms with Gasteiger partial charge >= 0.3 is 6.03 Å². The quantitative estimate of drug-likeness (QED) is 0.860. The van der Waals surface area contributed by atoms with Gasteiger partial charge in [-0.25, -0.2) is 4.79 Å². The first-order chi connectivity index (χ1) is 10.4. The van der Waals surface area contributed by atoms with E-state index in [-0.39, 0.29) is 17.9 Å². The number of piperidine rings is 1. The highest BCUT2D eigenvalue weighted by molar-refractivity contribution is 7.16.